The van der Waals surface area contributed by atoms with Gasteiger partial charge in [-0.05, 0) is 12.0 Å². The maximum absolute atomic E-state index is 13.4. The largest absolute Gasteiger partial charge is 0.378 e. The first-order valence-electron chi connectivity index (χ1n) is 5.35. The highest BCUT2D eigenvalue weighted by atomic mass is 19.1. The van der Waals surface area contributed by atoms with Crippen molar-refractivity contribution in [2.45, 2.75) is 25.2 Å². The van der Waals surface area contributed by atoms with Crippen LogP contribution in [0.1, 0.15) is 12.0 Å². The molecular formula is C12H16FNO. The summed E-state index contributed by atoms with van der Waals surface area (Å²) in [6.45, 7) is 1.62. The van der Waals surface area contributed by atoms with E-state index in [1.165, 1.54) is 5.56 Å². The fourth-order valence-electron chi connectivity index (χ4n) is 1.78. The maximum Gasteiger partial charge on any atom is 0.139 e. The van der Waals surface area contributed by atoms with Crippen LogP contribution < -0.4 is 5.32 Å². The lowest BCUT2D eigenvalue weighted by atomic mass is 10.1. The Morgan fingerprint density at radius 2 is 2.13 bits per heavy atom. The van der Waals surface area contributed by atoms with Crippen molar-refractivity contribution in [3.05, 3.63) is 35.9 Å². The van der Waals surface area contributed by atoms with Gasteiger partial charge in [-0.1, -0.05) is 30.3 Å². The fraction of sp³-hybridized carbons (Fsp3) is 0.500. The van der Waals surface area contributed by atoms with E-state index < -0.39 is 6.17 Å². The smallest absolute Gasteiger partial charge is 0.139 e. The molecule has 82 valence electrons. The van der Waals surface area contributed by atoms with Crippen molar-refractivity contribution in [2.24, 2.45) is 0 Å². The van der Waals surface area contributed by atoms with Crippen LogP contribution in [0.2, 0.25) is 0 Å². The quantitative estimate of drug-likeness (QED) is 0.821. The molecule has 0 radical (unpaired) electrons. The van der Waals surface area contributed by atoms with Crippen LogP contribution >= 0.6 is 0 Å². The van der Waals surface area contributed by atoms with Crippen molar-refractivity contribution >= 4 is 0 Å². The first-order chi connectivity index (χ1) is 7.36. The van der Waals surface area contributed by atoms with Crippen molar-refractivity contribution in [1.29, 1.82) is 0 Å². The molecule has 0 saturated carbocycles. The molecule has 1 aliphatic heterocycles. The molecule has 0 amide bonds. The number of hydrogen-bond acceptors (Lipinski definition) is 2. The van der Waals surface area contributed by atoms with Crippen LogP contribution in [0.3, 0.4) is 0 Å². The van der Waals surface area contributed by atoms with Gasteiger partial charge in [0.1, 0.15) is 6.17 Å². The fourth-order valence-corrected chi connectivity index (χ4v) is 1.78. The summed E-state index contributed by atoms with van der Waals surface area (Å²) in [5, 5.41) is 3.23. The Balaban J connectivity index is 1.82. The Bertz CT molecular complexity index is 291. The lowest BCUT2D eigenvalue weighted by Crippen LogP contribution is -2.43. The van der Waals surface area contributed by atoms with Gasteiger partial charge in [-0.25, -0.2) is 4.39 Å². The molecule has 1 aromatic rings. The Labute approximate surface area is 89.4 Å². The van der Waals surface area contributed by atoms with Crippen LogP contribution in [0.15, 0.2) is 30.3 Å². The van der Waals surface area contributed by atoms with Gasteiger partial charge < -0.3 is 10.1 Å². The molecule has 15 heavy (non-hydrogen) atoms. The predicted octanol–water partition coefficient (Wildman–Crippen LogP) is 1.90. The number of hydrogen-bond donors (Lipinski definition) is 1. The summed E-state index contributed by atoms with van der Waals surface area (Å²) in [6, 6.07) is 10.00. The molecule has 1 fully saturated rings. The molecule has 1 aromatic carbocycles. The molecule has 0 aliphatic carbocycles. The Morgan fingerprint density at radius 3 is 2.87 bits per heavy atom. The second-order valence-electron chi connectivity index (χ2n) is 3.85. The van der Waals surface area contributed by atoms with E-state index in [0.29, 0.717) is 6.61 Å². The summed E-state index contributed by atoms with van der Waals surface area (Å²) in [5.41, 5.74) is 1.19. The lowest BCUT2D eigenvalue weighted by molar-refractivity contribution is 0.0135. The Morgan fingerprint density at radius 1 is 1.33 bits per heavy atom. The molecule has 3 heteroatoms. The lowest BCUT2D eigenvalue weighted by Gasteiger charge is -2.27. The molecule has 0 aromatic heterocycles. The van der Waals surface area contributed by atoms with Crippen molar-refractivity contribution < 1.29 is 9.13 Å². The average Bonchev–Trinajstić information content (AvgIpc) is 2.29. The summed E-state index contributed by atoms with van der Waals surface area (Å²) in [4.78, 5) is 0. The molecule has 2 atom stereocenters. The van der Waals surface area contributed by atoms with E-state index in [1.807, 2.05) is 30.3 Å². The van der Waals surface area contributed by atoms with Crippen molar-refractivity contribution in [3.8, 4) is 0 Å². The van der Waals surface area contributed by atoms with Gasteiger partial charge in [-0.2, -0.15) is 0 Å². The zero-order chi connectivity index (χ0) is 10.5. The van der Waals surface area contributed by atoms with Crippen LogP contribution in [0.25, 0.3) is 0 Å². The number of ether oxygens (including phenoxy) is 1. The van der Waals surface area contributed by atoms with Crippen LogP contribution in [0, 0.1) is 0 Å². The number of nitrogens with one attached hydrogen (secondary N) is 1. The zero-order valence-corrected chi connectivity index (χ0v) is 8.66. The molecule has 2 nitrogen and oxygen atoms in total. The van der Waals surface area contributed by atoms with Gasteiger partial charge in [0.05, 0.1) is 6.61 Å². The molecule has 1 N–H and O–H groups in total. The van der Waals surface area contributed by atoms with Gasteiger partial charge in [-0.3, -0.25) is 0 Å². The van der Waals surface area contributed by atoms with Gasteiger partial charge in [-0.15, -0.1) is 0 Å². The van der Waals surface area contributed by atoms with E-state index in [1.54, 1.807) is 0 Å². The SMILES string of the molecule is F[C@@H]1COCC[C@@H]1NCc1ccccc1. The summed E-state index contributed by atoms with van der Waals surface area (Å²) in [6.07, 6.45) is -0.115. The van der Waals surface area contributed by atoms with Gasteiger partial charge in [0.15, 0.2) is 0 Å². The monoisotopic (exact) mass is 209 g/mol. The highest BCUT2D eigenvalue weighted by Crippen LogP contribution is 2.11. The minimum absolute atomic E-state index is 0.0565. The van der Waals surface area contributed by atoms with Gasteiger partial charge in [0.25, 0.3) is 0 Å². The van der Waals surface area contributed by atoms with Crippen LogP contribution in [-0.2, 0) is 11.3 Å². The first-order valence-corrected chi connectivity index (χ1v) is 5.35. The predicted molar refractivity (Wildman–Crippen MR) is 57.4 cm³/mol. The second kappa shape index (κ2) is 5.24. The molecule has 0 bridgehead atoms. The zero-order valence-electron chi connectivity index (χ0n) is 8.66. The Kier molecular flexibility index (Phi) is 3.69. The highest BCUT2D eigenvalue weighted by Gasteiger charge is 2.24. The van der Waals surface area contributed by atoms with E-state index in [4.69, 9.17) is 4.74 Å². The van der Waals surface area contributed by atoms with E-state index >= 15 is 0 Å². The normalized spacial score (nSPS) is 26.5. The molecule has 2 rings (SSSR count). The van der Waals surface area contributed by atoms with Crippen molar-refractivity contribution in [1.82, 2.24) is 5.32 Å². The van der Waals surface area contributed by atoms with E-state index in [0.717, 1.165) is 13.0 Å². The molecule has 1 saturated heterocycles. The van der Waals surface area contributed by atoms with Gasteiger partial charge >= 0.3 is 0 Å². The van der Waals surface area contributed by atoms with Crippen LogP contribution in [-0.4, -0.2) is 25.4 Å². The summed E-state index contributed by atoms with van der Waals surface area (Å²) >= 11 is 0. The average molecular weight is 209 g/mol. The Hall–Kier alpha value is -0.930. The van der Waals surface area contributed by atoms with E-state index in [-0.39, 0.29) is 12.6 Å². The highest BCUT2D eigenvalue weighted by molar-refractivity contribution is 5.14. The topological polar surface area (TPSA) is 21.3 Å². The summed E-state index contributed by atoms with van der Waals surface area (Å²) < 4.78 is 18.4. The molecule has 0 unspecified atom stereocenters. The molecule has 1 heterocycles. The van der Waals surface area contributed by atoms with Crippen LogP contribution in [0.5, 0.6) is 0 Å². The van der Waals surface area contributed by atoms with E-state index in [9.17, 15) is 4.39 Å². The van der Waals surface area contributed by atoms with Crippen LogP contribution in [0.4, 0.5) is 4.39 Å². The van der Waals surface area contributed by atoms with Gasteiger partial charge in [0.2, 0.25) is 0 Å². The number of rotatable bonds is 3. The minimum Gasteiger partial charge on any atom is -0.378 e. The summed E-state index contributed by atoms with van der Waals surface area (Å²) in [7, 11) is 0. The molecular weight excluding hydrogens is 193 g/mol. The number of benzene rings is 1. The standard InChI is InChI=1S/C12H16FNO/c13-11-9-15-7-6-12(11)14-8-10-4-2-1-3-5-10/h1-5,11-12,14H,6-9H2/t11-,12+/m1/s1. The molecule has 0 spiro atoms. The van der Waals surface area contributed by atoms with Crippen molar-refractivity contribution in [2.75, 3.05) is 13.2 Å². The third-order valence-corrected chi connectivity index (χ3v) is 2.70. The summed E-state index contributed by atoms with van der Waals surface area (Å²) in [5.74, 6) is 0. The minimum atomic E-state index is -0.873. The van der Waals surface area contributed by atoms with Gasteiger partial charge in [0, 0.05) is 19.2 Å². The number of alkyl halides is 1. The maximum atomic E-state index is 13.4. The third kappa shape index (κ3) is 3.01. The van der Waals surface area contributed by atoms with E-state index in [2.05, 4.69) is 5.32 Å². The number of halogens is 1. The molecule has 1 aliphatic rings. The van der Waals surface area contributed by atoms with Crippen molar-refractivity contribution in [3.63, 3.8) is 0 Å². The third-order valence-electron chi connectivity index (χ3n) is 2.70. The first kappa shape index (κ1) is 10.6. The second-order valence-corrected chi connectivity index (χ2v) is 3.85.